The predicted octanol–water partition coefficient (Wildman–Crippen LogP) is 4.55. The van der Waals surface area contributed by atoms with Gasteiger partial charge in [-0.15, -0.1) is 0 Å². The first-order chi connectivity index (χ1) is 13.0. The van der Waals surface area contributed by atoms with Gasteiger partial charge in [-0.25, -0.2) is 0 Å². The zero-order valence-corrected chi connectivity index (χ0v) is 18.1. The van der Waals surface area contributed by atoms with E-state index in [0.717, 1.165) is 22.1 Å². The molecule has 27 heavy (non-hydrogen) atoms. The molecule has 0 radical (unpaired) electrons. The summed E-state index contributed by atoms with van der Waals surface area (Å²) >= 11 is 8.65. The number of hydrogen-bond acceptors (Lipinski definition) is 4. The molecular weight excluding hydrogens is 426 g/mol. The second kappa shape index (κ2) is 10.9. The Morgan fingerprint density at radius 3 is 2.52 bits per heavy atom. The number of thiocarbonyl (C=S) groups is 1. The zero-order chi connectivity index (χ0) is 19.6. The molecular formula is C20H24BrN3O2S. The molecule has 0 aromatic heterocycles. The summed E-state index contributed by atoms with van der Waals surface area (Å²) in [6.45, 7) is 7.73. The molecule has 0 aliphatic carbocycles. The number of hydrogen-bond donors (Lipinski definition) is 2. The molecule has 0 heterocycles. The first kappa shape index (κ1) is 21.2. The highest BCUT2D eigenvalue weighted by atomic mass is 79.9. The first-order valence-corrected chi connectivity index (χ1v) is 9.95. The molecule has 2 N–H and O–H groups in total. The number of nitrogens with zero attached hydrogens (tertiary/aromatic N) is 1. The molecule has 0 saturated heterocycles. The molecule has 0 saturated carbocycles. The Kier molecular flexibility index (Phi) is 8.54. The number of hydrazone groups is 1. The second-order valence-electron chi connectivity index (χ2n) is 5.76. The summed E-state index contributed by atoms with van der Waals surface area (Å²) in [5, 5.41) is 7.60. The highest BCUT2D eigenvalue weighted by molar-refractivity contribution is 9.10. The Hall–Kier alpha value is -2.12. The van der Waals surface area contributed by atoms with E-state index in [1.807, 2.05) is 26.0 Å². The molecule has 0 amide bonds. The van der Waals surface area contributed by atoms with Crippen LogP contribution in [0.2, 0.25) is 0 Å². The minimum atomic E-state index is 0.471. The molecule has 2 aromatic rings. The van der Waals surface area contributed by atoms with Gasteiger partial charge in [0.15, 0.2) is 16.6 Å². The molecule has 0 aliphatic heterocycles. The van der Waals surface area contributed by atoms with Crippen LogP contribution < -0.4 is 20.2 Å². The number of ether oxygens (including phenoxy) is 2. The lowest BCUT2D eigenvalue weighted by Crippen LogP contribution is -2.31. The SMILES string of the molecule is CCNC(=S)N/N=C\c1cc(OCC)c(OCc2ccc(C)cc2)cc1Br. The molecule has 0 fully saturated rings. The van der Waals surface area contributed by atoms with E-state index in [0.29, 0.717) is 29.8 Å². The second-order valence-corrected chi connectivity index (χ2v) is 7.02. The van der Waals surface area contributed by atoms with E-state index in [1.54, 1.807) is 6.21 Å². The van der Waals surface area contributed by atoms with E-state index >= 15 is 0 Å². The fourth-order valence-corrected chi connectivity index (χ4v) is 2.86. The molecule has 7 heteroatoms. The van der Waals surface area contributed by atoms with Crippen molar-refractivity contribution in [3.8, 4) is 11.5 Å². The molecule has 0 aliphatic rings. The lowest BCUT2D eigenvalue weighted by atomic mass is 10.2. The Bertz CT molecular complexity index is 795. The van der Waals surface area contributed by atoms with Gasteiger partial charge in [0.05, 0.1) is 12.8 Å². The van der Waals surface area contributed by atoms with Gasteiger partial charge < -0.3 is 14.8 Å². The quantitative estimate of drug-likeness (QED) is 0.351. The lowest BCUT2D eigenvalue weighted by Gasteiger charge is -2.14. The van der Waals surface area contributed by atoms with E-state index in [-0.39, 0.29) is 0 Å². The Labute approximate surface area is 174 Å². The summed E-state index contributed by atoms with van der Waals surface area (Å²) in [6.07, 6.45) is 1.68. The van der Waals surface area contributed by atoms with Crippen LogP contribution in [-0.2, 0) is 6.61 Å². The predicted molar refractivity (Wildman–Crippen MR) is 118 cm³/mol. The maximum atomic E-state index is 5.98. The van der Waals surface area contributed by atoms with Crippen molar-refractivity contribution in [1.29, 1.82) is 0 Å². The Balaban J connectivity index is 2.13. The van der Waals surface area contributed by atoms with Crippen LogP contribution in [0.5, 0.6) is 11.5 Å². The van der Waals surface area contributed by atoms with Crippen molar-refractivity contribution in [2.75, 3.05) is 13.2 Å². The number of rotatable bonds is 8. The molecule has 144 valence electrons. The maximum Gasteiger partial charge on any atom is 0.186 e. The maximum absolute atomic E-state index is 5.98. The Morgan fingerprint density at radius 1 is 1.15 bits per heavy atom. The van der Waals surface area contributed by atoms with Gasteiger partial charge in [-0.1, -0.05) is 29.8 Å². The van der Waals surface area contributed by atoms with Crippen molar-refractivity contribution in [3.63, 3.8) is 0 Å². The minimum Gasteiger partial charge on any atom is -0.490 e. The average molecular weight is 450 g/mol. The summed E-state index contributed by atoms with van der Waals surface area (Å²) in [5.41, 5.74) is 5.96. The molecule has 0 spiro atoms. The third-order valence-electron chi connectivity index (χ3n) is 3.58. The van der Waals surface area contributed by atoms with Crippen LogP contribution in [0.15, 0.2) is 46.0 Å². The molecule has 5 nitrogen and oxygen atoms in total. The van der Waals surface area contributed by atoms with Crippen LogP contribution in [0.1, 0.15) is 30.5 Å². The fraction of sp³-hybridized carbons (Fsp3) is 0.300. The van der Waals surface area contributed by atoms with Gasteiger partial charge in [-0.2, -0.15) is 5.10 Å². The zero-order valence-electron chi connectivity index (χ0n) is 15.7. The van der Waals surface area contributed by atoms with E-state index < -0.39 is 0 Å². The van der Waals surface area contributed by atoms with Crippen LogP contribution in [0, 0.1) is 6.92 Å². The van der Waals surface area contributed by atoms with Crippen molar-refractivity contribution < 1.29 is 9.47 Å². The number of halogens is 1. The lowest BCUT2D eigenvalue weighted by molar-refractivity contribution is 0.269. The van der Waals surface area contributed by atoms with Gasteiger partial charge in [0.2, 0.25) is 0 Å². The van der Waals surface area contributed by atoms with Gasteiger partial charge >= 0.3 is 0 Å². The van der Waals surface area contributed by atoms with E-state index in [4.69, 9.17) is 21.7 Å². The van der Waals surface area contributed by atoms with Gasteiger partial charge in [-0.05, 0) is 66.6 Å². The van der Waals surface area contributed by atoms with E-state index in [9.17, 15) is 0 Å². The summed E-state index contributed by atoms with van der Waals surface area (Å²) in [6, 6.07) is 12.0. The third-order valence-corrected chi connectivity index (χ3v) is 4.51. The summed E-state index contributed by atoms with van der Waals surface area (Å²) in [7, 11) is 0. The van der Waals surface area contributed by atoms with Crippen LogP contribution >= 0.6 is 28.1 Å². The van der Waals surface area contributed by atoms with E-state index in [1.165, 1.54) is 5.56 Å². The smallest absolute Gasteiger partial charge is 0.186 e. The molecule has 2 rings (SSSR count). The van der Waals surface area contributed by atoms with Gasteiger partial charge in [0.1, 0.15) is 6.61 Å². The molecule has 0 unspecified atom stereocenters. The molecule has 0 bridgehead atoms. The van der Waals surface area contributed by atoms with Crippen molar-refractivity contribution in [3.05, 3.63) is 57.6 Å². The topological polar surface area (TPSA) is 54.9 Å². The summed E-state index contributed by atoms with van der Waals surface area (Å²) in [4.78, 5) is 0. The van der Waals surface area contributed by atoms with Crippen LogP contribution in [0.3, 0.4) is 0 Å². The van der Waals surface area contributed by atoms with Gasteiger partial charge in [0, 0.05) is 16.6 Å². The van der Waals surface area contributed by atoms with Crippen LogP contribution in [0.4, 0.5) is 0 Å². The summed E-state index contributed by atoms with van der Waals surface area (Å²) < 4.78 is 12.6. The van der Waals surface area contributed by atoms with E-state index in [2.05, 4.69) is 63.0 Å². The summed E-state index contributed by atoms with van der Waals surface area (Å²) in [5.74, 6) is 1.35. The van der Waals surface area contributed by atoms with Crippen molar-refractivity contribution in [2.24, 2.45) is 5.10 Å². The Morgan fingerprint density at radius 2 is 1.85 bits per heavy atom. The highest BCUT2D eigenvalue weighted by Gasteiger charge is 2.10. The van der Waals surface area contributed by atoms with Crippen LogP contribution in [0.25, 0.3) is 0 Å². The monoisotopic (exact) mass is 449 g/mol. The van der Waals surface area contributed by atoms with Gasteiger partial charge in [-0.3, -0.25) is 5.43 Å². The number of aryl methyl sites for hydroxylation is 1. The number of nitrogens with one attached hydrogen (secondary N) is 2. The molecule has 0 atom stereocenters. The minimum absolute atomic E-state index is 0.471. The van der Waals surface area contributed by atoms with Crippen molar-refractivity contribution in [2.45, 2.75) is 27.4 Å². The average Bonchev–Trinajstić information content (AvgIpc) is 2.64. The third kappa shape index (κ3) is 6.84. The van der Waals surface area contributed by atoms with Crippen molar-refractivity contribution >= 4 is 39.5 Å². The molecule has 2 aromatic carbocycles. The van der Waals surface area contributed by atoms with Gasteiger partial charge in [0.25, 0.3) is 0 Å². The van der Waals surface area contributed by atoms with Crippen LogP contribution in [-0.4, -0.2) is 24.5 Å². The fourth-order valence-electron chi connectivity index (χ4n) is 2.24. The largest absolute Gasteiger partial charge is 0.490 e. The normalized spacial score (nSPS) is 10.7. The highest BCUT2D eigenvalue weighted by Crippen LogP contribution is 2.33. The standard InChI is InChI=1S/C20H24BrN3O2S/c1-4-22-20(27)24-23-12-16-10-18(25-5-2)19(11-17(16)21)26-13-15-8-6-14(3)7-9-15/h6-12H,4-5,13H2,1-3H3,(H2,22,24,27)/b23-12-. The first-order valence-electron chi connectivity index (χ1n) is 8.75. The van der Waals surface area contributed by atoms with Crippen molar-refractivity contribution in [1.82, 2.24) is 10.7 Å². The number of benzene rings is 2.